The number of rotatable bonds is 2. The van der Waals surface area contributed by atoms with Crippen LogP contribution in [0.2, 0.25) is 0 Å². The van der Waals surface area contributed by atoms with Gasteiger partial charge in [-0.1, -0.05) is 11.3 Å². The van der Waals surface area contributed by atoms with Crippen molar-refractivity contribution in [2.24, 2.45) is 7.05 Å². The highest BCUT2D eigenvalue weighted by atomic mass is 32.1. The molecule has 1 aromatic carbocycles. The van der Waals surface area contributed by atoms with Gasteiger partial charge in [0.25, 0.3) is 0 Å². The van der Waals surface area contributed by atoms with Crippen LogP contribution in [0.5, 0.6) is 0 Å². The lowest BCUT2D eigenvalue weighted by Gasteiger charge is -2.22. The van der Waals surface area contributed by atoms with Gasteiger partial charge in [0, 0.05) is 30.8 Å². The normalized spacial score (nSPS) is 18.4. The molecule has 7 heteroatoms. The van der Waals surface area contributed by atoms with Crippen molar-refractivity contribution in [2.45, 2.75) is 32.4 Å². The summed E-state index contributed by atoms with van der Waals surface area (Å²) in [6.07, 6.45) is 7.49. The van der Waals surface area contributed by atoms with E-state index in [2.05, 4.69) is 24.2 Å². The molecule has 0 amide bonds. The first-order valence-corrected chi connectivity index (χ1v) is 9.41. The molecule has 4 heterocycles. The van der Waals surface area contributed by atoms with Crippen molar-refractivity contribution in [1.29, 1.82) is 0 Å². The number of ether oxygens (including phenoxy) is 1. The van der Waals surface area contributed by atoms with E-state index in [1.807, 2.05) is 28.8 Å². The smallest absolute Gasteiger partial charge is 0.166 e. The molecule has 1 aliphatic rings. The first-order valence-electron chi connectivity index (χ1n) is 8.59. The number of hydrogen-bond acceptors (Lipinski definition) is 5. The van der Waals surface area contributed by atoms with E-state index < -0.39 is 0 Å². The maximum atomic E-state index is 5.81. The predicted octanol–water partition coefficient (Wildman–Crippen LogP) is 4.05. The van der Waals surface area contributed by atoms with Crippen molar-refractivity contribution in [3.05, 3.63) is 30.1 Å². The molecular formula is C18H19N5OS. The summed E-state index contributed by atoms with van der Waals surface area (Å²) in [6.45, 7) is 2.92. The Balaban J connectivity index is 1.53. The molecule has 0 spiro atoms. The second-order valence-electron chi connectivity index (χ2n) is 6.67. The van der Waals surface area contributed by atoms with Crippen LogP contribution in [0.25, 0.3) is 31.8 Å². The van der Waals surface area contributed by atoms with Gasteiger partial charge in [-0.05, 0) is 43.9 Å². The maximum Gasteiger partial charge on any atom is 0.166 e. The molecule has 0 radical (unpaired) electrons. The Bertz CT molecular complexity index is 1040. The summed E-state index contributed by atoms with van der Waals surface area (Å²) in [7, 11) is 1.95. The molecule has 25 heavy (non-hydrogen) atoms. The number of hydrogen-bond donors (Lipinski definition) is 0. The lowest BCUT2D eigenvalue weighted by molar-refractivity contribution is -0.0390. The Morgan fingerprint density at radius 1 is 1.20 bits per heavy atom. The topological polar surface area (TPSA) is 57.8 Å². The zero-order valence-corrected chi connectivity index (χ0v) is 15.1. The average molecular weight is 353 g/mol. The zero-order chi connectivity index (χ0) is 17.0. The minimum Gasteiger partial charge on any atom is -0.357 e. The summed E-state index contributed by atoms with van der Waals surface area (Å²) >= 11 is 1.63. The molecule has 0 bridgehead atoms. The van der Waals surface area contributed by atoms with Gasteiger partial charge in [0.15, 0.2) is 4.83 Å². The third-order valence-corrected chi connectivity index (χ3v) is 5.71. The molecule has 3 aromatic heterocycles. The van der Waals surface area contributed by atoms with Crippen molar-refractivity contribution in [3.63, 3.8) is 0 Å². The van der Waals surface area contributed by atoms with Gasteiger partial charge in [0.2, 0.25) is 0 Å². The lowest BCUT2D eigenvalue weighted by atomic mass is 10.1. The van der Waals surface area contributed by atoms with Gasteiger partial charge < -0.3 is 4.74 Å². The number of benzene rings is 1. The van der Waals surface area contributed by atoms with E-state index >= 15 is 0 Å². The van der Waals surface area contributed by atoms with Crippen molar-refractivity contribution in [3.8, 4) is 10.6 Å². The van der Waals surface area contributed by atoms with Gasteiger partial charge in [-0.25, -0.2) is 9.67 Å². The van der Waals surface area contributed by atoms with Crippen LogP contribution in [-0.2, 0) is 11.8 Å². The molecule has 0 aliphatic carbocycles. The monoisotopic (exact) mass is 353 g/mol. The second kappa shape index (κ2) is 5.64. The van der Waals surface area contributed by atoms with E-state index in [1.54, 1.807) is 11.3 Å². The second-order valence-corrected chi connectivity index (χ2v) is 7.65. The van der Waals surface area contributed by atoms with Crippen LogP contribution in [0.15, 0.2) is 24.5 Å². The average Bonchev–Trinajstić information content (AvgIpc) is 3.27. The number of nitrogens with zero attached hydrogens (tertiary/aromatic N) is 5. The Hall–Kier alpha value is -2.25. The van der Waals surface area contributed by atoms with E-state index in [1.165, 1.54) is 12.0 Å². The number of fused-ring (bicyclic) bond motifs is 2. The maximum absolute atomic E-state index is 5.81. The van der Waals surface area contributed by atoms with Gasteiger partial charge in [-0.2, -0.15) is 10.2 Å². The SMILES string of the molecule is Cc1cc(-c2nc3cn(C4CCCCO4)nc3s2)cc2cn(C)nc12. The highest BCUT2D eigenvalue weighted by Gasteiger charge is 2.19. The number of thiazole rings is 1. The minimum absolute atomic E-state index is 0.0626. The van der Waals surface area contributed by atoms with Gasteiger partial charge in [0.05, 0.1) is 11.7 Å². The fourth-order valence-electron chi connectivity index (χ4n) is 3.50. The molecule has 128 valence electrons. The number of aryl methyl sites for hydroxylation is 2. The highest BCUT2D eigenvalue weighted by molar-refractivity contribution is 7.21. The molecule has 1 aliphatic heterocycles. The minimum atomic E-state index is 0.0626. The van der Waals surface area contributed by atoms with Crippen LogP contribution < -0.4 is 0 Å². The molecule has 6 nitrogen and oxygen atoms in total. The standard InChI is InChI=1S/C18H19N5OS/c1-11-7-12(8-13-9-22(2)20-16(11)13)17-19-14-10-23(21-18(14)25-17)15-5-3-4-6-24-15/h7-10,15H,3-6H2,1-2H3. The summed E-state index contributed by atoms with van der Waals surface area (Å²) in [5, 5.41) is 11.4. The largest absolute Gasteiger partial charge is 0.357 e. The van der Waals surface area contributed by atoms with E-state index in [-0.39, 0.29) is 6.23 Å². The zero-order valence-electron chi connectivity index (χ0n) is 14.3. The Kier molecular flexibility index (Phi) is 3.39. The molecule has 4 aromatic rings. The van der Waals surface area contributed by atoms with Crippen LogP contribution in [0, 0.1) is 6.92 Å². The van der Waals surface area contributed by atoms with Crippen LogP contribution in [0.1, 0.15) is 31.1 Å². The molecule has 1 unspecified atom stereocenters. The van der Waals surface area contributed by atoms with Crippen molar-refractivity contribution in [1.82, 2.24) is 24.5 Å². The fourth-order valence-corrected chi connectivity index (χ4v) is 4.40. The first-order chi connectivity index (χ1) is 12.2. The van der Waals surface area contributed by atoms with E-state index in [9.17, 15) is 0 Å². The summed E-state index contributed by atoms with van der Waals surface area (Å²) in [5.41, 5.74) is 4.29. The molecule has 1 atom stereocenters. The summed E-state index contributed by atoms with van der Waals surface area (Å²) in [5.74, 6) is 0. The van der Waals surface area contributed by atoms with Gasteiger partial charge in [-0.3, -0.25) is 4.68 Å². The van der Waals surface area contributed by atoms with E-state index in [0.29, 0.717) is 0 Å². The Labute approximate surface area is 149 Å². The fraction of sp³-hybridized carbons (Fsp3) is 0.389. The van der Waals surface area contributed by atoms with Gasteiger partial charge in [0.1, 0.15) is 16.8 Å². The third-order valence-electron chi connectivity index (χ3n) is 4.71. The van der Waals surface area contributed by atoms with E-state index in [4.69, 9.17) is 14.8 Å². The molecular weight excluding hydrogens is 334 g/mol. The number of aromatic nitrogens is 5. The predicted molar refractivity (Wildman–Crippen MR) is 98.7 cm³/mol. The molecule has 5 rings (SSSR count). The van der Waals surface area contributed by atoms with E-state index in [0.717, 1.165) is 51.3 Å². The highest BCUT2D eigenvalue weighted by Crippen LogP contribution is 2.33. The van der Waals surface area contributed by atoms with Crippen molar-refractivity contribution < 1.29 is 4.74 Å². The quantitative estimate of drug-likeness (QED) is 0.545. The van der Waals surface area contributed by atoms with Crippen LogP contribution >= 0.6 is 11.3 Å². The van der Waals surface area contributed by atoms with Crippen LogP contribution in [-0.4, -0.2) is 31.2 Å². The summed E-state index contributed by atoms with van der Waals surface area (Å²) in [6, 6.07) is 4.32. The van der Waals surface area contributed by atoms with Crippen molar-refractivity contribution in [2.75, 3.05) is 6.61 Å². The Morgan fingerprint density at radius 2 is 2.12 bits per heavy atom. The van der Waals surface area contributed by atoms with Gasteiger partial charge >= 0.3 is 0 Å². The molecule has 1 fully saturated rings. The van der Waals surface area contributed by atoms with Crippen LogP contribution in [0.3, 0.4) is 0 Å². The summed E-state index contributed by atoms with van der Waals surface area (Å²) < 4.78 is 9.60. The molecule has 0 saturated carbocycles. The third kappa shape index (κ3) is 2.54. The first kappa shape index (κ1) is 15.0. The Morgan fingerprint density at radius 3 is 2.92 bits per heavy atom. The van der Waals surface area contributed by atoms with Crippen LogP contribution in [0.4, 0.5) is 0 Å². The summed E-state index contributed by atoms with van der Waals surface area (Å²) in [4.78, 5) is 5.77. The van der Waals surface area contributed by atoms with Crippen molar-refractivity contribution >= 4 is 32.6 Å². The lowest BCUT2D eigenvalue weighted by Crippen LogP contribution is -2.18. The van der Waals surface area contributed by atoms with Gasteiger partial charge in [-0.15, -0.1) is 0 Å². The molecule has 1 saturated heterocycles. The molecule has 0 N–H and O–H groups in total.